The van der Waals surface area contributed by atoms with Crippen molar-refractivity contribution in [1.82, 2.24) is 14.9 Å². The van der Waals surface area contributed by atoms with Gasteiger partial charge in [0, 0.05) is 16.4 Å². The summed E-state index contributed by atoms with van der Waals surface area (Å²) in [5.74, 6) is 1.32. The third-order valence-electron chi connectivity index (χ3n) is 3.86. The van der Waals surface area contributed by atoms with E-state index >= 15 is 0 Å². The van der Waals surface area contributed by atoms with Crippen molar-refractivity contribution in [3.05, 3.63) is 51.1 Å². The van der Waals surface area contributed by atoms with E-state index in [0.29, 0.717) is 12.4 Å². The smallest absolute Gasteiger partial charge is 0.146 e. The molecule has 0 radical (unpaired) electrons. The van der Waals surface area contributed by atoms with E-state index in [1.807, 2.05) is 25.2 Å². The minimum absolute atomic E-state index is 0.572. The highest BCUT2D eigenvalue weighted by Crippen LogP contribution is 2.31. The molecule has 120 valence electrons. The van der Waals surface area contributed by atoms with Crippen LogP contribution in [0.2, 0.25) is 5.02 Å². The van der Waals surface area contributed by atoms with Crippen LogP contribution in [-0.4, -0.2) is 21.9 Å². The molecule has 6 heteroatoms. The summed E-state index contributed by atoms with van der Waals surface area (Å²) in [6.07, 6.45) is 0. The molecule has 0 spiro atoms. The molecule has 0 saturated heterocycles. The number of aryl methyl sites for hydroxylation is 2. The molecule has 2 heterocycles. The van der Waals surface area contributed by atoms with Gasteiger partial charge in [-0.2, -0.15) is 0 Å². The summed E-state index contributed by atoms with van der Waals surface area (Å²) >= 11 is 7.71. The predicted molar refractivity (Wildman–Crippen MR) is 97.9 cm³/mol. The summed E-state index contributed by atoms with van der Waals surface area (Å²) in [6, 6.07) is 7.88. The lowest BCUT2D eigenvalue weighted by molar-refractivity contribution is 0.311. The number of hydrogen-bond donors (Lipinski definition) is 1. The number of rotatable bonds is 4. The van der Waals surface area contributed by atoms with Crippen LogP contribution in [0.1, 0.15) is 21.8 Å². The van der Waals surface area contributed by atoms with Crippen molar-refractivity contribution < 1.29 is 0 Å². The highest BCUT2D eigenvalue weighted by atomic mass is 35.5. The van der Waals surface area contributed by atoms with Crippen LogP contribution in [0, 0.1) is 13.8 Å². The summed E-state index contributed by atoms with van der Waals surface area (Å²) in [5, 5.41) is 1.75. The SMILES string of the molecule is Cc1sc2nc(CN(C)Cc3cccc(Cl)c3)nc(N)c2c1C. The van der Waals surface area contributed by atoms with E-state index in [0.717, 1.165) is 33.2 Å². The predicted octanol–water partition coefficient (Wildman–Crippen LogP) is 4.18. The summed E-state index contributed by atoms with van der Waals surface area (Å²) in [5.41, 5.74) is 8.48. The topological polar surface area (TPSA) is 55.0 Å². The first kappa shape index (κ1) is 16.2. The van der Waals surface area contributed by atoms with Crippen LogP contribution in [-0.2, 0) is 13.1 Å². The van der Waals surface area contributed by atoms with E-state index in [-0.39, 0.29) is 0 Å². The van der Waals surface area contributed by atoms with Crippen LogP contribution >= 0.6 is 22.9 Å². The summed E-state index contributed by atoms with van der Waals surface area (Å²) in [7, 11) is 2.04. The van der Waals surface area contributed by atoms with Crippen LogP contribution in [0.3, 0.4) is 0 Å². The first-order valence-electron chi connectivity index (χ1n) is 7.39. The fourth-order valence-electron chi connectivity index (χ4n) is 2.64. The maximum absolute atomic E-state index is 6.14. The number of anilines is 1. The van der Waals surface area contributed by atoms with Crippen molar-refractivity contribution >= 4 is 39.0 Å². The molecule has 0 saturated carbocycles. The summed E-state index contributed by atoms with van der Waals surface area (Å²) in [4.78, 5) is 13.5. The van der Waals surface area contributed by atoms with E-state index < -0.39 is 0 Å². The van der Waals surface area contributed by atoms with Gasteiger partial charge in [-0.3, -0.25) is 4.90 Å². The van der Waals surface area contributed by atoms with Gasteiger partial charge >= 0.3 is 0 Å². The van der Waals surface area contributed by atoms with E-state index in [2.05, 4.69) is 34.8 Å². The lowest BCUT2D eigenvalue weighted by Gasteiger charge is -2.16. The first-order chi connectivity index (χ1) is 10.9. The number of nitrogens with zero attached hydrogens (tertiary/aromatic N) is 3. The molecule has 0 aliphatic heterocycles. The second-order valence-corrected chi connectivity index (χ2v) is 7.43. The van der Waals surface area contributed by atoms with Gasteiger partial charge in [0.1, 0.15) is 16.5 Å². The van der Waals surface area contributed by atoms with Crippen LogP contribution in [0.4, 0.5) is 5.82 Å². The monoisotopic (exact) mass is 346 g/mol. The third kappa shape index (κ3) is 3.47. The number of benzene rings is 1. The van der Waals surface area contributed by atoms with Gasteiger partial charge in [0.05, 0.1) is 11.9 Å². The molecule has 2 N–H and O–H groups in total. The van der Waals surface area contributed by atoms with E-state index in [1.165, 1.54) is 10.4 Å². The average molecular weight is 347 g/mol. The number of nitrogens with two attached hydrogens (primary N) is 1. The van der Waals surface area contributed by atoms with Gasteiger partial charge in [-0.1, -0.05) is 23.7 Å². The maximum atomic E-state index is 6.14. The fourth-order valence-corrected chi connectivity index (χ4v) is 3.91. The first-order valence-corrected chi connectivity index (χ1v) is 8.58. The van der Waals surface area contributed by atoms with Gasteiger partial charge in [-0.25, -0.2) is 9.97 Å². The molecule has 1 aromatic carbocycles. The highest BCUT2D eigenvalue weighted by Gasteiger charge is 2.13. The van der Waals surface area contributed by atoms with Gasteiger partial charge in [0.25, 0.3) is 0 Å². The molecule has 23 heavy (non-hydrogen) atoms. The number of halogens is 1. The number of nitrogen functional groups attached to an aromatic ring is 1. The van der Waals surface area contributed by atoms with Gasteiger partial charge in [0.2, 0.25) is 0 Å². The number of aromatic nitrogens is 2. The Kier molecular flexibility index (Phi) is 4.53. The molecular formula is C17H19ClN4S. The molecule has 3 aromatic rings. The van der Waals surface area contributed by atoms with E-state index in [1.54, 1.807) is 11.3 Å². The molecule has 3 rings (SSSR count). The van der Waals surface area contributed by atoms with Gasteiger partial charge in [0.15, 0.2) is 0 Å². The molecule has 0 fully saturated rings. The van der Waals surface area contributed by atoms with E-state index in [9.17, 15) is 0 Å². The Morgan fingerprint density at radius 2 is 2.00 bits per heavy atom. The normalized spacial score (nSPS) is 11.5. The van der Waals surface area contributed by atoms with Crippen LogP contribution in [0.25, 0.3) is 10.2 Å². The van der Waals surface area contributed by atoms with E-state index in [4.69, 9.17) is 17.3 Å². The number of hydrogen-bond acceptors (Lipinski definition) is 5. The van der Waals surface area contributed by atoms with Crippen LogP contribution < -0.4 is 5.73 Å². The molecule has 0 aliphatic carbocycles. The Hall–Kier alpha value is -1.69. The molecule has 0 amide bonds. The van der Waals surface area contributed by atoms with Crippen LogP contribution in [0.5, 0.6) is 0 Å². The Morgan fingerprint density at radius 3 is 2.74 bits per heavy atom. The average Bonchev–Trinajstić information content (AvgIpc) is 2.74. The van der Waals surface area contributed by atoms with Gasteiger partial charge in [-0.05, 0) is 44.2 Å². The van der Waals surface area contributed by atoms with Crippen molar-refractivity contribution in [2.24, 2.45) is 0 Å². The molecule has 4 nitrogen and oxygen atoms in total. The summed E-state index contributed by atoms with van der Waals surface area (Å²) in [6.45, 7) is 5.58. The zero-order valence-electron chi connectivity index (χ0n) is 13.4. The van der Waals surface area contributed by atoms with Crippen molar-refractivity contribution in [2.45, 2.75) is 26.9 Å². The minimum atomic E-state index is 0.572. The largest absolute Gasteiger partial charge is 0.383 e. The molecule has 0 atom stereocenters. The zero-order chi connectivity index (χ0) is 16.6. The summed E-state index contributed by atoms with van der Waals surface area (Å²) < 4.78 is 0. The van der Waals surface area contributed by atoms with Gasteiger partial charge < -0.3 is 5.73 Å². The van der Waals surface area contributed by atoms with Crippen molar-refractivity contribution in [1.29, 1.82) is 0 Å². The van der Waals surface area contributed by atoms with Crippen molar-refractivity contribution in [2.75, 3.05) is 12.8 Å². The maximum Gasteiger partial charge on any atom is 0.146 e. The molecule has 0 unspecified atom stereocenters. The number of fused-ring (bicyclic) bond motifs is 1. The number of thiophene rings is 1. The Balaban J connectivity index is 1.81. The Bertz CT molecular complexity index is 859. The lowest BCUT2D eigenvalue weighted by Crippen LogP contribution is -2.19. The van der Waals surface area contributed by atoms with Crippen molar-refractivity contribution in [3.8, 4) is 0 Å². The van der Waals surface area contributed by atoms with Crippen LogP contribution in [0.15, 0.2) is 24.3 Å². The fraction of sp³-hybridized carbons (Fsp3) is 0.294. The highest BCUT2D eigenvalue weighted by molar-refractivity contribution is 7.18. The lowest BCUT2D eigenvalue weighted by atomic mass is 10.2. The molecule has 0 aliphatic rings. The Labute approximate surface area is 144 Å². The van der Waals surface area contributed by atoms with Crippen molar-refractivity contribution in [3.63, 3.8) is 0 Å². The zero-order valence-corrected chi connectivity index (χ0v) is 15.0. The standard InChI is InChI=1S/C17H19ClN4S/c1-10-11(2)23-17-15(10)16(19)20-14(21-17)9-22(3)8-12-5-4-6-13(18)7-12/h4-7H,8-9H2,1-3H3,(H2,19,20,21). The third-order valence-corrected chi connectivity index (χ3v) is 5.19. The molecule has 2 aromatic heterocycles. The Morgan fingerprint density at radius 1 is 1.22 bits per heavy atom. The minimum Gasteiger partial charge on any atom is -0.383 e. The quantitative estimate of drug-likeness (QED) is 0.770. The second-order valence-electron chi connectivity index (χ2n) is 5.79. The molecular weight excluding hydrogens is 328 g/mol. The molecule has 0 bridgehead atoms. The van der Waals surface area contributed by atoms with Gasteiger partial charge in [-0.15, -0.1) is 11.3 Å². The second kappa shape index (κ2) is 6.43.